The molecule has 1 aromatic carbocycles. The monoisotopic (exact) mass is 340 g/mol. The number of hydrogen-bond donors (Lipinski definition) is 0. The molecule has 0 fully saturated rings. The van der Waals surface area contributed by atoms with Crippen LogP contribution >= 0.6 is 11.3 Å². The van der Waals surface area contributed by atoms with Gasteiger partial charge in [0.1, 0.15) is 0 Å². The molecule has 0 aliphatic carbocycles. The highest BCUT2D eigenvalue weighted by molar-refractivity contribution is 7.07. The summed E-state index contributed by atoms with van der Waals surface area (Å²) in [6, 6.07) is 9.48. The zero-order valence-electron chi connectivity index (χ0n) is 13.6. The molecular weight excluding hydrogens is 324 g/mol. The summed E-state index contributed by atoms with van der Waals surface area (Å²) in [5.74, 6) is -1.42. The van der Waals surface area contributed by atoms with Crippen LogP contribution in [-0.4, -0.2) is 26.0 Å². The molecule has 24 heavy (non-hydrogen) atoms. The number of benzene rings is 1. The molecule has 3 rings (SSSR count). The number of nitrogens with zero attached hydrogens (tertiary/aromatic N) is 4. The molecule has 0 saturated carbocycles. The molecule has 122 valence electrons. The average Bonchev–Trinajstić information content (AvgIpc) is 3.11. The molecule has 0 aliphatic heterocycles. The number of para-hydroxylation sites is 1. The zero-order valence-corrected chi connectivity index (χ0v) is 14.4. The summed E-state index contributed by atoms with van der Waals surface area (Å²) in [4.78, 5) is 29.2. The van der Waals surface area contributed by atoms with Gasteiger partial charge in [-0.1, -0.05) is 18.2 Å². The third-order valence-corrected chi connectivity index (χ3v) is 4.52. The Kier molecular flexibility index (Phi) is 4.26. The van der Waals surface area contributed by atoms with E-state index in [1.54, 1.807) is 41.7 Å². The molecule has 1 amide bonds. The molecule has 6 nitrogen and oxygen atoms in total. The standard InChI is InChI=1S/C17H16N4O2S/c1-11-14(12(2)21(19-11)13-7-5-4-6-8-13)15(22)16(23)18-17-20(3)9-10-24-17/h4-10H,1-3H3. The quantitative estimate of drug-likeness (QED) is 0.542. The van der Waals surface area contributed by atoms with E-state index in [1.807, 2.05) is 30.3 Å². The second-order valence-electron chi connectivity index (χ2n) is 5.34. The number of amides is 1. The van der Waals surface area contributed by atoms with Gasteiger partial charge in [-0.05, 0) is 26.0 Å². The minimum absolute atomic E-state index is 0.312. The number of thiazole rings is 1. The van der Waals surface area contributed by atoms with Gasteiger partial charge in [-0.25, -0.2) is 4.68 Å². The van der Waals surface area contributed by atoms with E-state index in [0.29, 0.717) is 21.8 Å². The second-order valence-corrected chi connectivity index (χ2v) is 6.21. The van der Waals surface area contributed by atoms with Crippen LogP contribution in [0, 0.1) is 13.8 Å². The topological polar surface area (TPSA) is 69.2 Å². The first-order chi connectivity index (χ1) is 11.5. The van der Waals surface area contributed by atoms with Crippen molar-refractivity contribution in [2.45, 2.75) is 13.8 Å². The Balaban J connectivity index is 2.01. The van der Waals surface area contributed by atoms with Crippen LogP contribution in [0.25, 0.3) is 5.69 Å². The van der Waals surface area contributed by atoms with Crippen molar-refractivity contribution in [1.82, 2.24) is 14.3 Å². The van der Waals surface area contributed by atoms with E-state index >= 15 is 0 Å². The van der Waals surface area contributed by atoms with Gasteiger partial charge in [0.2, 0.25) is 0 Å². The van der Waals surface area contributed by atoms with E-state index in [1.165, 1.54) is 11.3 Å². The van der Waals surface area contributed by atoms with E-state index in [4.69, 9.17) is 0 Å². The molecule has 0 spiro atoms. The average molecular weight is 340 g/mol. The maximum absolute atomic E-state index is 12.6. The van der Waals surface area contributed by atoms with Gasteiger partial charge in [-0.15, -0.1) is 11.3 Å². The maximum atomic E-state index is 12.6. The van der Waals surface area contributed by atoms with Crippen LogP contribution in [0.1, 0.15) is 21.7 Å². The van der Waals surface area contributed by atoms with E-state index < -0.39 is 11.7 Å². The van der Waals surface area contributed by atoms with Crippen molar-refractivity contribution in [2.24, 2.45) is 12.0 Å². The Labute approximate surface area is 142 Å². The van der Waals surface area contributed by atoms with Gasteiger partial charge in [0.05, 0.1) is 22.6 Å². The summed E-state index contributed by atoms with van der Waals surface area (Å²) in [5, 5.41) is 6.20. The largest absolute Gasteiger partial charge is 0.327 e. The van der Waals surface area contributed by atoms with Crippen molar-refractivity contribution in [3.05, 3.63) is 63.7 Å². The molecule has 2 aromatic heterocycles. The van der Waals surface area contributed by atoms with Gasteiger partial charge < -0.3 is 4.57 Å². The first-order valence-corrected chi connectivity index (χ1v) is 8.22. The fourth-order valence-corrected chi connectivity index (χ4v) is 3.20. The number of carbonyl (C=O) groups is 2. The number of Topliss-reactive ketones (excluding diaryl/α,β-unsaturated/α-hetero) is 1. The minimum Gasteiger partial charge on any atom is -0.327 e. The lowest BCUT2D eigenvalue weighted by Gasteiger charge is -2.04. The van der Waals surface area contributed by atoms with Crippen molar-refractivity contribution in [2.75, 3.05) is 0 Å². The van der Waals surface area contributed by atoms with Gasteiger partial charge >= 0.3 is 5.91 Å². The fraction of sp³-hybridized carbons (Fsp3) is 0.176. The number of ketones is 1. The SMILES string of the molecule is Cc1nn(-c2ccccc2)c(C)c1C(=O)C(=O)N=c1sccn1C. The van der Waals surface area contributed by atoms with Crippen molar-refractivity contribution in [3.8, 4) is 5.69 Å². The molecule has 0 atom stereocenters. The lowest BCUT2D eigenvalue weighted by molar-refractivity contribution is -0.114. The van der Waals surface area contributed by atoms with Crippen molar-refractivity contribution >= 4 is 23.0 Å². The number of aromatic nitrogens is 3. The number of rotatable bonds is 3. The third kappa shape index (κ3) is 2.85. The Bertz CT molecular complexity index is 980. The zero-order chi connectivity index (χ0) is 17.3. The second kappa shape index (κ2) is 6.37. The molecule has 2 heterocycles. The Morgan fingerprint density at radius 2 is 1.88 bits per heavy atom. The van der Waals surface area contributed by atoms with E-state index in [-0.39, 0.29) is 0 Å². The van der Waals surface area contributed by atoms with E-state index in [2.05, 4.69) is 10.1 Å². The molecule has 3 aromatic rings. The van der Waals surface area contributed by atoms with Crippen LogP contribution in [-0.2, 0) is 11.8 Å². The molecule has 0 N–H and O–H groups in total. The van der Waals surface area contributed by atoms with Gasteiger partial charge in [0, 0.05) is 18.6 Å². The highest BCUT2D eigenvalue weighted by Crippen LogP contribution is 2.18. The summed E-state index contributed by atoms with van der Waals surface area (Å²) in [6.45, 7) is 3.50. The Morgan fingerprint density at radius 3 is 2.50 bits per heavy atom. The molecular formula is C17H16N4O2S. The van der Waals surface area contributed by atoms with Gasteiger partial charge in [0.15, 0.2) is 4.80 Å². The summed E-state index contributed by atoms with van der Waals surface area (Å²) in [6.07, 6.45) is 1.78. The highest BCUT2D eigenvalue weighted by atomic mass is 32.1. The van der Waals surface area contributed by atoms with Crippen LogP contribution in [0.4, 0.5) is 0 Å². The van der Waals surface area contributed by atoms with Crippen LogP contribution < -0.4 is 4.80 Å². The van der Waals surface area contributed by atoms with Gasteiger partial charge in [-0.2, -0.15) is 10.1 Å². The van der Waals surface area contributed by atoms with Crippen LogP contribution in [0.3, 0.4) is 0 Å². The lowest BCUT2D eigenvalue weighted by atomic mass is 10.1. The van der Waals surface area contributed by atoms with E-state index in [0.717, 1.165) is 5.69 Å². The van der Waals surface area contributed by atoms with Crippen molar-refractivity contribution < 1.29 is 9.59 Å². The highest BCUT2D eigenvalue weighted by Gasteiger charge is 2.24. The van der Waals surface area contributed by atoms with E-state index in [9.17, 15) is 9.59 Å². The van der Waals surface area contributed by atoms with Crippen molar-refractivity contribution in [3.63, 3.8) is 0 Å². The summed E-state index contributed by atoms with van der Waals surface area (Å²) in [7, 11) is 1.77. The van der Waals surface area contributed by atoms with Gasteiger partial charge in [-0.3, -0.25) is 9.59 Å². The molecule has 0 radical (unpaired) electrons. The van der Waals surface area contributed by atoms with Gasteiger partial charge in [0.25, 0.3) is 5.78 Å². The van der Waals surface area contributed by atoms with Crippen LogP contribution in [0.15, 0.2) is 46.9 Å². The first-order valence-electron chi connectivity index (χ1n) is 7.34. The summed E-state index contributed by atoms with van der Waals surface area (Å²) in [5.41, 5.74) is 2.29. The number of carbonyl (C=O) groups excluding carboxylic acids is 2. The number of aryl methyl sites for hydroxylation is 2. The number of hydrogen-bond acceptors (Lipinski definition) is 4. The minimum atomic E-state index is -0.785. The molecule has 0 aliphatic rings. The predicted molar refractivity (Wildman–Crippen MR) is 91.2 cm³/mol. The molecule has 0 unspecified atom stereocenters. The Morgan fingerprint density at radius 1 is 1.17 bits per heavy atom. The smallest absolute Gasteiger partial charge is 0.320 e. The normalized spacial score (nSPS) is 11.7. The summed E-state index contributed by atoms with van der Waals surface area (Å²) >= 11 is 1.30. The lowest BCUT2D eigenvalue weighted by Crippen LogP contribution is -2.19. The maximum Gasteiger partial charge on any atom is 0.320 e. The molecule has 0 bridgehead atoms. The third-order valence-electron chi connectivity index (χ3n) is 3.67. The Hall–Kier alpha value is -2.80. The molecule has 7 heteroatoms. The van der Waals surface area contributed by atoms with Crippen LogP contribution in [0.5, 0.6) is 0 Å². The predicted octanol–water partition coefficient (Wildman–Crippen LogP) is 2.20. The molecule has 0 saturated heterocycles. The summed E-state index contributed by atoms with van der Waals surface area (Å²) < 4.78 is 3.37. The fourth-order valence-electron chi connectivity index (χ4n) is 2.47. The first kappa shape index (κ1) is 16.1. The van der Waals surface area contributed by atoms with Crippen molar-refractivity contribution in [1.29, 1.82) is 0 Å². The van der Waals surface area contributed by atoms with Crippen LogP contribution in [0.2, 0.25) is 0 Å².